The summed E-state index contributed by atoms with van der Waals surface area (Å²) in [7, 11) is 0. The maximum atomic E-state index is 10.5. The number of hydrogen-bond donors (Lipinski definition) is 1. The molecule has 144 valence electrons. The van der Waals surface area contributed by atoms with Crippen LogP contribution in [0.15, 0.2) is 54.6 Å². The second-order valence-electron chi connectivity index (χ2n) is 8.26. The Bertz CT molecular complexity index is 545. The van der Waals surface area contributed by atoms with E-state index in [1.54, 1.807) is 0 Å². The van der Waals surface area contributed by atoms with Gasteiger partial charge in [-0.25, -0.2) is 0 Å². The first-order valence-corrected chi connectivity index (χ1v) is 10.7. The first-order valence-electron chi connectivity index (χ1n) is 10.7. The molecule has 0 heterocycles. The Morgan fingerprint density at radius 1 is 1.19 bits per heavy atom. The van der Waals surface area contributed by atoms with Crippen LogP contribution in [0.2, 0.25) is 0 Å². The predicted molar refractivity (Wildman–Crippen MR) is 113 cm³/mol. The van der Waals surface area contributed by atoms with Crippen LogP contribution in [-0.2, 0) is 6.42 Å². The lowest BCUT2D eigenvalue weighted by Crippen LogP contribution is -2.18. The van der Waals surface area contributed by atoms with E-state index >= 15 is 0 Å². The molecule has 2 rings (SSSR count). The van der Waals surface area contributed by atoms with Crippen molar-refractivity contribution in [3.05, 3.63) is 60.2 Å². The van der Waals surface area contributed by atoms with Gasteiger partial charge in [0.25, 0.3) is 0 Å². The minimum Gasteiger partial charge on any atom is -0.393 e. The number of hydrogen-bond acceptors (Lipinski definition) is 1. The summed E-state index contributed by atoms with van der Waals surface area (Å²) in [5.74, 6) is 2.07. The molecule has 0 aliphatic heterocycles. The van der Waals surface area contributed by atoms with Crippen LogP contribution in [-0.4, -0.2) is 11.2 Å². The van der Waals surface area contributed by atoms with E-state index in [9.17, 15) is 5.11 Å². The molecule has 1 aromatic carbocycles. The van der Waals surface area contributed by atoms with E-state index in [0.29, 0.717) is 23.7 Å². The van der Waals surface area contributed by atoms with Crippen LogP contribution in [0.1, 0.15) is 64.9 Å². The fourth-order valence-corrected chi connectivity index (χ4v) is 4.18. The molecular weight excluding hydrogens is 316 g/mol. The molecule has 1 nitrogen and oxygen atoms in total. The average Bonchev–Trinajstić information content (AvgIpc) is 2.91. The van der Waals surface area contributed by atoms with E-state index in [1.165, 1.54) is 31.2 Å². The summed E-state index contributed by atoms with van der Waals surface area (Å²) in [6.07, 6.45) is 17.3. The fourth-order valence-electron chi connectivity index (χ4n) is 4.18. The van der Waals surface area contributed by atoms with E-state index in [-0.39, 0.29) is 6.10 Å². The molecule has 1 aliphatic rings. The zero-order chi connectivity index (χ0) is 18.8. The topological polar surface area (TPSA) is 20.2 Å². The third-order valence-electron chi connectivity index (χ3n) is 5.95. The van der Waals surface area contributed by atoms with Gasteiger partial charge in [-0.15, -0.1) is 0 Å². The second-order valence-corrected chi connectivity index (χ2v) is 8.26. The van der Waals surface area contributed by atoms with Crippen LogP contribution < -0.4 is 0 Å². The molecule has 1 N–H and O–H groups in total. The molecule has 26 heavy (non-hydrogen) atoms. The lowest BCUT2D eigenvalue weighted by molar-refractivity contribution is 0.125. The van der Waals surface area contributed by atoms with Gasteiger partial charge in [0.15, 0.2) is 0 Å². The molecule has 1 aromatic rings. The Balaban J connectivity index is 1.85. The van der Waals surface area contributed by atoms with Crippen molar-refractivity contribution in [1.29, 1.82) is 0 Å². The van der Waals surface area contributed by atoms with Gasteiger partial charge in [-0.1, -0.05) is 88.2 Å². The van der Waals surface area contributed by atoms with E-state index in [1.807, 2.05) is 0 Å². The van der Waals surface area contributed by atoms with E-state index < -0.39 is 0 Å². The third-order valence-corrected chi connectivity index (χ3v) is 5.95. The lowest BCUT2D eigenvalue weighted by atomic mass is 9.86. The van der Waals surface area contributed by atoms with Crippen molar-refractivity contribution in [2.45, 2.75) is 71.8 Å². The second kappa shape index (κ2) is 11.4. The van der Waals surface area contributed by atoms with Gasteiger partial charge < -0.3 is 5.11 Å². The third kappa shape index (κ3) is 6.76. The summed E-state index contributed by atoms with van der Waals surface area (Å²) in [5, 5.41) is 10.5. The Morgan fingerprint density at radius 2 is 1.96 bits per heavy atom. The fraction of sp³-hybridized carbons (Fsp3) is 0.600. The highest BCUT2D eigenvalue weighted by Crippen LogP contribution is 2.40. The summed E-state index contributed by atoms with van der Waals surface area (Å²) in [6, 6.07) is 10.8. The molecule has 0 bridgehead atoms. The molecule has 0 amide bonds. The maximum Gasteiger partial charge on any atom is 0.0579 e. The number of rotatable bonds is 10. The molecule has 1 heteroatoms. The van der Waals surface area contributed by atoms with Gasteiger partial charge in [-0.3, -0.25) is 0 Å². The first kappa shape index (κ1) is 21.0. The normalized spacial score (nSPS) is 27.5. The van der Waals surface area contributed by atoms with Crippen LogP contribution >= 0.6 is 0 Å². The highest BCUT2D eigenvalue weighted by Gasteiger charge is 2.37. The number of allylic oxidation sites excluding steroid dienone is 4. The van der Waals surface area contributed by atoms with Crippen molar-refractivity contribution in [3.8, 4) is 0 Å². The number of aliphatic hydroxyl groups is 1. The molecule has 0 saturated heterocycles. The summed E-state index contributed by atoms with van der Waals surface area (Å²) in [4.78, 5) is 0. The van der Waals surface area contributed by atoms with Gasteiger partial charge in [0.1, 0.15) is 0 Å². The SMILES string of the molecule is CCCC/C=C\CC1C(O)CC(C)[C@@H]1/C=C/C(C)CCc1ccccc1. The number of benzene rings is 1. The molecule has 5 atom stereocenters. The van der Waals surface area contributed by atoms with Gasteiger partial charge in [0.05, 0.1) is 6.10 Å². The summed E-state index contributed by atoms with van der Waals surface area (Å²) in [6.45, 7) is 6.85. The van der Waals surface area contributed by atoms with Crippen LogP contribution in [0.4, 0.5) is 0 Å². The summed E-state index contributed by atoms with van der Waals surface area (Å²) in [5.41, 5.74) is 1.42. The van der Waals surface area contributed by atoms with Gasteiger partial charge >= 0.3 is 0 Å². The highest BCUT2D eigenvalue weighted by atomic mass is 16.3. The van der Waals surface area contributed by atoms with Crippen molar-refractivity contribution in [3.63, 3.8) is 0 Å². The molecule has 1 fully saturated rings. The van der Waals surface area contributed by atoms with Crippen molar-refractivity contribution in [1.82, 2.24) is 0 Å². The molecule has 4 unspecified atom stereocenters. The van der Waals surface area contributed by atoms with E-state index in [2.05, 4.69) is 75.4 Å². The van der Waals surface area contributed by atoms with Crippen molar-refractivity contribution < 1.29 is 5.11 Å². The minimum absolute atomic E-state index is 0.143. The maximum absolute atomic E-state index is 10.5. The van der Waals surface area contributed by atoms with Gasteiger partial charge in [-0.2, -0.15) is 0 Å². The number of unbranched alkanes of at least 4 members (excludes halogenated alkanes) is 2. The minimum atomic E-state index is -0.143. The molecule has 1 aliphatic carbocycles. The van der Waals surface area contributed by atoms with Crippen molar-refractivity contribution in [2.24, 2.45) is 23.7 Å². The lowest BCUT2D eigenvalue weighted by Gasteiger charge is -2.20. The summed E-state index contributed by atoms with van der Waals surface area (Å²) < 4.78 is 0. The van der Waals surface area contributed by atoms with E-state index in [4.69, 9.17) is 0 Å². The Morgan fingerprint density at radius 3 is 2.69 bits per heavy atom. The Kier molecular flexibility index (Phi) is 9.18. The number of aryl methyl sites for hydroxylation is 1. The van der Waals surface area contributed by atoms with Crippen LogP contribution in [0, 0.1) is 23.7 Å². The average molecular weight is 355 g/mol. The zero-order valence-electron chi connectivity index (χ0n) is 17.0. The quantitative estimate of drug-likeness (QED) is 0.371. The highest BCUT2D eigenvalue weighted by molar-refractivity contribution is 5.15. The largest absolute Gasteiger partial charge is 0.393 e. The molecular formula is C25H38O. The molecule has 0 radical (unpaired) electrons. The standard InChI is InChI=1S/C25H38O/c1-4-5-6-7-11-14-24-23(21(3)19-25(24)26)18-16-20(2)15-17-22-12-9-8-10-13-22/h7-13,16,18,20-21,23-26H,4-6,14-15,17,19H2,1-3H3/b11-7-,18-16+/t20?,21?,23-,24?,25?/m0/s1. The monoisotopic (exact) mass is 354 g/mol. The van der Waals surface area contributed by atoms with Crippen LogP contribution in [0.5, 0.6) is 0 Å². The molecule has 1 saturated carbocycles. The van der Waals surface area contributed by atoms with Crippen LogP contribution in [0.25, 0.3) is 0 Å². The van der Waals surface area contributed by atoms with Gasteiger partial charge in [0, 0.05) is 0 Å². The zero-order valence-corrected chi connectivity index (χ0v) is 17.0. The van der Waals surface area contributed by atoms with Gasteiger partial charge in [-0.05, 0) is 61.3 Å². The molecule has 0 aromatic heterocycles. The smallest absolute Gasteiger partial charge is 0.0579 e. The van der Waals surface area contributed by atoms with Gasteiger partial charge in [0.2, 0.25) is 0 Å². The first-order chi connectivity index (χ1) is 12.6. The number of aliphatic hydroxyl groups excluding tert-OH is 1. The summed E-state index contributed by atoms with van der Waals surface area (Å²) >= 11 is 0. The van der Waals surface area contributed by atoms with Crippen molar-refractivity contribution in [2.75, 3.05) is 0 Å². The predicted octanol–water partition coefficient (Wildman–Crippen LogP) is 6.58. The Labute approximate surface area is 161 Å². The Hall–Kier alpha value is -1.34. The van der Waals surface area contributed by atoms with E-state index in [0.717, 1.165) is 19.3 Å². The molecule has 0 spiro atoms. The van der Waals surface area contributed by atoms with Crippen molar-refractivity contribution >= 4 is 0 Å². The van der Waals surface area contributed by atoms with Crippen LogP contribution in [0.3, 0.4) is 0 Å².